The summed E-state index contributed by atoms with van der Waals surface area (Å²) in [6.07, 6.45) is 1.95. The Morgan fingerprint density at radius 3 is 2.65 bits per heavy atom. The smallest absolute Gasteiger partial charge is 0.259 e. The molecule has 1 aliphatic heterocycles. The third-order valence-electron chi connectivity index (χ3n) is 3.60. The molecule has 1 amide bonds. The summed E-state index contributed by atoms with van der Waals surface area (Å²) in [5.74, 6) is -1.91. The fraction of sp³-hybridized carbons (Fsp3) is 0.250. The van der Waals surface area contributed by atoms with Crippen LogP contribution in [0, 0.1) is 11.6 Å². The van der Waals surface area contributed by atoms with Gasteiger partial charge in [-0.1, -0.05) is 6.07 Å². The van der Waals surface area contributed by atoms with Gasteiger partial charge in [-0.15, -0.1) is 0 Å². The third kappa shape index (κ3) is 3.50. The molecule has 1 aromatic carbocycles. The minimum Gasteiger partial charge on any atom is -0.472 e. The summed E-state index contributed by atoms with van der Waals surface area (Å²) in [6, 6.07) is 6.90. The maximum Gasteiger partial charge on any atom is 0.259 e. The highest BCUT2D eigenvalue weighted by Gasteiger charge is 2.31. The average molecular weight is 383 g/mol. The Bertz CT molecular complexity index is 704. The van der Waals surface area contributed by atoms with Gasteiger partial charge in [0.1, 0.15) is 23.3 Å². The lowest BCUT2D eigenvalue weighted by molar-refractivity contribution is 0.0761. The highest BCUT2D eigenvalue weighted by molar-refractivity contribution is 9.10. The monoisotopic (exact) mass is 382 g/mol. The summed E-state index contributed by atoms with van der Waals surface area (Å²) in [7, 11) is 0. The fourth-order valence-electron chi connectivity index (χ4n) is 2.47. The van der Waals surface area contributed by atoms with E-state index in [1.165, 1.54) is 11.0 Å². The number of hydrogen-bond donors (Lipinski definition) is 0. The van der Waals surface area contributed by atoms with Gasteiger partial charge in [0.15, 0.2) is 0 Å². The number of amides is 1. The number of carbonyl (C=O) groups is 1. The zero-order valence-electron chi connectivity index (χ0n) is 12.0. The molecule has 1 aromatic heterocycles. The number of likely N-dealkylation sites (tertiary alicyclic amines) is 1. The van der Waals surface area contributed by atoms with Gasteiger partial charge in [-0.25, -0.2) is 13.8 Å². The molecule has 1 fully saturated rings. The predicted octanol–water partition coefficient (Wildman–Crippen LogP) is 3.42. The molecule has 3 rings (SSSR count). The maximum atomic E-state index is 13.7. The van der Waals surface area contributed by atoms with Crippen molar-refractivity contribution < 1.29 is 18.3 Å². The van der Waals surface area contributed by atoms with E-state index in [9.17, 15) is 13.6 Å². The van der Waals surface area contributed by atoms with Gasteiger partial charge >= 0.3 is 0 Å². The standard InChI is InChI=1S/C16H13BrF2N2O2/c17-10-4-5-14(20-8-10)23-11-6-7-21(9-11)16(22)15-12(18)2-1-3-13(15)19/h1-5,8,11H,6-7,9H2. The van der Waals surface area contributed by atoms with Crippen molar-refractivity contribution in [2.45, 2.75) is 12.5 Å². The van der Waals surface area contributed by atoms with Crippen molar-refractivity contribution in [1.29, 1.82) is 0 Å². The van der Waals surface area contributed by atoms with Crippen LogP contribution in [0.4, 0.5) is 8.78 Å². The Labute approximate surface area is 140 Å². The zero-order chi connectivity index (χ0) is 16.4. The van der Waals surface area contributed by atoms with E-state index < -0.39 is 23.1 Å². The van der Waals surface area contributed by atoms with Gasteiger partial charge < -0.3 is 9.64 Å². The van der Waals surface area contributed by atoms with Crippen LogP contribution in [0.5, 0.6) is 5.88 Å². The molecule has 7 heteroatoms. The molecule has 0 radical (unpaired) electrons. The fourth-order valence-corrected chi connectivity index (χ4v) is 2.71. The topological polar surface area (TPSA) is 42.4 Å². The van der Waals surface area contributed by atoms with E-state index in [0.29, 0.717) is 18.8 Å². The van der Waals surface area contributed by atoms with Crippen LogP contribution in [0.2, 0.25) is 0 Å². The zero-order valence-corrected chi connectivity index (χ0v) is 13.6. The molecule has 120 valence electrons. The van der Waals surface area contributed by atoms with Crippen LogP contribution in [0.1, 0.15) is 16.8 Å². The number of halogens is 3. The van der Waals surface area contributed by atoms with Crippen molar-refractivity contribution >= 4 is 21.8 Å². The van der Waals surface area contributed by atoms with Crippen molar-refractivity contribution in [3.63, 3.8) is 0 Å². The minimum atomic E-state index is -0.853. The summed E-state index contributed by atoms with van der Waals surface area (Å²) in [5, 5.41) is 0. The van der Waals surface area contributed by atoms with Gasteiger partial charge in [0.05, 0.1) is 6.54 Å². The molecular weight excluding hydrogens is 370 g/mol. The van der Waals surface area contributed by atoms with Crippen LogP contribution in [-0.2, 0) is 0 Å². The number of hydrogen-bond acceptors (Lipinski definition) is 3. The SMILES string of the molecule is O=C(c1c(F)cccc1F)N1CCC(Oc2ccc(Br)cn2)C1. The van der Waals surface area contributed by atoms with Crippen LogP contribution in [-0.4, -0.2) is 35.0 Å². The van der Waals surface area contributed by atoms with E-state index in [-0.39, 0.29) is 12.6 Å². The van der Waals surface area contributed by atoms with Crippen LogP contribution in [0.25, 0.3) is 0 Å². The number of carbonyl (C=O) groups excluding carboxylic acids is 1. The lowest BCUT2D eigenvalue weighted by Crippen LogP contribution is -2.32. The number of benzene rings is 1. The second-order valence-corrected chi connectivity index (χ2v) is 6.11. The predicted molar refractivity (Wildman–Crippen MR) is 83.2 cm³/mol. The van der Waals surface area contributed by atoms with Crippen molar-refractivity contribution in [2.75, 3.05) is 13.1 Å². The summed E-state index contributed by atoms with van der Waals surface area (Å²) in [6.45, 7) is 0.651. The average Bonchev–Trinajstić information content (AvgIpc) is 2.98. The van der Waals surface area contributed by atoms with Crippen molar-refractivity contribution in [3.05, 3.63) is 58.2 Å². The van der Waals surface area contributed by atoms with Crippen LogP contribution < -0.4 is 4.74 Å². The van der Waals surface area contributed by atoms with E-state index in [4.69, 9.17) is 4.74 Å². The third-order valence-corrected chi connectivity index (χ3v) is 4.07. The van der Waals surface area contributed by atoms with E-state index in [1.807, 2.05) is 0 Å². The van der Waals surface area contributed by atoms with Gasteiger partial charge in [-0.2, -0.15) is 0 Å². The normalized spacial score (nSPS) is 17.3. The highest BCUT2D eigenvalue weighted by Crippen LogP contribution is 2.21. The largest absolute Gasteiger partial charge is 0.472 e. The van der Waals surface area contributed by atoms with E-state index in [1.54, 1.807) is 18.3 Å². The first-order valence-corrected chi connectivity index (χ1v) is 7.85. The number of aromatic nitrogens is 1. The molecule has 0 aliphatic carbocycles. The van der Waals surface area contributed by atoms with Gasteiger partial charge in [-0.3, -0.25) is 4.79 Å². The minimum absolute atomic E-state index is 0.248. The molecule has 2 aromatic rings. The lowest BCUT2D eigenvalue weighted by Gasteiger charge is -2.17. The molecule has 23 heavy (non-hydrogen) atoms. The van der Waals surface area contributed by atoms with Crippen LogP contribution in [0.3, 0.4) is 0 Å². The first-order chi connectivity index (χ1) is 11.0. The van der Waals surface area contributed by atoms with Crippen LogP contribution >= 0.6 is 15.9 Å². The molecule has 1 aliphatic rings. The Morgan fingerprint density at radius 2 is 2.00 bits per heavy atom. The van der Waals surface area contributed by atoms with E-state index >= 15 is 0 Å². The number of rotatable bonds is 3. The van der Waals surface area contributed by atoms with Gasteiger partial charge in [0.25, 0.3) is 5.91 Å². The molecule has 4 nitrogen and oxygen atoms in total. The quantitative estimate of drug-likeness (QED) is 0.816. The molecular formula is C16H13BrF2N2O2. The second-order valence-electron chi connectivity index (χ2n) is 5.19. The summed E-state index contributed by atoms with van der Waals surface area (Å²) < 4.78 is 33.9. The molecule has 1 unspecified atom stereocenters. The molecule has 1 atom stereocenters. The number of pyridine rings is 1. The Morgan fingerprint density at radius 1 is 1.26 bits per heavy atom. The van der Waals surface area contributed by atoms with Crippen molar-refractivity contribution in [3.8, 4) is 5.88 Å². The lowest BCUT2D eigenvalue weighted by atomic mass is 10.1. The van der Waals surface area contributed by atoms with Crippen molar-refractivity contribution in [1.82, 2.24) is 9.88 Å². The van der Waals surface area contributed by atoms with Gasteiger partial charge in [0.2, 0.25) is 5.88 Å². The molecule has 2 heterocycles. The first-order valence-electron chi connectivity index (χ1n) is 7.06. The summed E-state index contributed by atoms with van der Waals surface area (Å²) in [5.41, 5.74) is -0.519. The maximum absolute atomic E-state index is 13.7. The Kier molecular flexibility index (Phi) is 4.56. The molecule has 0 saturated carbocycles. The second kappa shape index (κ2) is 6.62. The van der Waals surface area contributed by atoms with Crippen molar-refractivity contribution in [2.24, 2.45) is 0 Å². The first kappa shape index (κ1) is 15.9. The highest BCUT2D eigenvalue weighted by atomic mass is 79.9. The molecule has 0 bridgehead atoms. The summed E-state index contributed by atoms with van der Waals surface area (Å²) in [4.78, 5) is 17.8. The Hall–Kier alpha value is -2.02. The Balaban J connectivity index is 1.67. The van der Waals surface area contributed by atoms with Gasteiger partial charge in [0, 0.05) is 29.7 Å². The van der Waals surface area contributed by atoms with Gasteiger partial charge in [-0.05, 0) is 34.1 Å². The number of ether oxygens (including phenoxy) is 1. The summed E-state index contributed by atoms with van der Waals surface area (Å²) >= 11 is 3.28. The van der Waals surface area contributed by atoms with Crippen LogP contribution in [0.15, 0.2) is 41.0 Å². The molecule has 0 N–H and O–H groups in total. The number of nitrogens with zero attached hydrogens (tertiary/aromatic N) is 2. The molecule has 0 spiro atoms. The van der Waals surface area contributed by atoms with E-state index in [0.717, 1.165) is 16.6 Å². The molecule has 1 saturated heterocycles. The van der Waals surface area contributed by atoms with E-state index in [2.05, 4.69) is 20.9 Å².